The summed E-state index contributed by atoms with van der Waals surface area (Å²) in [6.07, 6.45) is 6.33. The molecule has 5 nitrogen and oxygen atoms in total. The molecule has 1 saturated carbocycles. The van der Waals surface area contributed by atoms with Gasteiger partial charge in [0, 0.05) is 12.6 Å². The van der Waals surface area contributed by atoms with Crippen molar-refractivity contribution >= 4 is 34.1 Å². The summed E-state index contributed by atoms with van der Waals surface area (Å²) in [7, 11) is 0. The Bertz CT molecular complexity index is 711. The average Bonchev–Trinajstić information content (AvgIpc) is 3.08. The van der Waals surface area contributed by atoms with Crippen LogP contribution in [0, 0.1) is 6.92 Å². The van der Waals surface area contributed by atoms with E-state index in [-0.39, 0.29) is 11.2 Å². The number of hydrogen-bond donors (Lipinski definition) is 2. The zero-order valence-electron chi connectivity index (χ0n) is 15.3. The van der Waals surface area contributed by atoms with Crippen molar-refractivity contribution in [2.24, 2.45) is 0 Å². The van der Waals surface area contributed by atoms with E-state index in [1.165, 1.54) is 60.8 Å². The topological polar surface area (TPSA) is 66.9 Å². The van der Waals surface area contributed by atoms with Crippen LogP contribution in [0.25, 0.3) is 0 Å². The largest absolute Gasteiger partial charge is 0.357 e. The fraction of sp³-hybridized carbons (Fsp3) is 0.526. The van der Waals surface area contributed by atoms with E-state index in [2.05, 4.69) is 39.9 Å². The minimum absolute atomic E-state index is 0.0209. The van der Waals surface area contributed by atoms with Gasteiger partial charge in [-0.05, 0) is 32.3 Å². The van der Waals surface area contributed by atoms with E-state index in [0.29, 0.717) is 12.6 Å². The average molecular weight is 391 g/mol. The second kappa shape index (κ2) is 9.37. The Morgan fingerprint density at radius 1 is 1.23 bits per heavy atom. The number of carbonyl (C=O) groups excluding carboxylic acids is 1. The first kappa shape index (κ1) is 19.2. The standard InChI is InChI=1S/C19H26N4OS2/c1-13-8-10-15(11-9-13)12-20-17(24)14(2)25-19-23-22-18(26-19)21-16-6-4-3-5-7-16/h8-11,14,16H,3-7,12H2,1-2H3,(H,20,24)(H,21,22). The number of thioether (sulfide) groups is 1. The molecule has 1 aliphatic rings. The Morgan fingerprint density at radius 3 is 2.69 bits per heavy atom. The van der Waals surface area contributed by atoms with Crippen molar-refractivity contribution in [2.45, 2.75) is 68.1 Å². The Balaban J connectivity index is 1.45. The van der Waals surface area contributed by atoms with E-state index in [1.807, 2.05) is 19.1 Å². The maximum absolute atomic E-state index is 12.3. The van der Waals surface area contributed by atoms with Gasteiger partial charge >= 0.3 is 0 Å². The summed E-state index contributed by atoms with van der Waals surface area (Å²) in [5.74, 6) is 0.0209. The van der Waals surface area contributed by atoms with Gasteiger partial charge in [0.1, 0.15) is 0 Å². The van der Waals surface area contributed by atoms with Crippen LogP contribution in [-0.2, 0) is 11.3 Å². The summed E-state index contributed by atoms with van der Waals surface area (Å²) in [6, 6.07) is 8.72. The number of amides is 1. The predicted octanol–water partition coefficient (Wildman–Crippen LogP) is 4.39. The van der Waals surface area contributed by atoms with Crippen LogP contribution < -0.4 is 10.6 Å². The Hall–Kier alpha value is -1.60. The lowest BCUT2D eigenvalue weighted by Gasteiger charge is -2.21. The summed E-state index contributed by atoms with van der Waals surface area (Å²) in [4.78, 5) is 12.3. The van der Waals surface area contributed by atoms with Gasteiger partial charge in [-0.1, -0.05) is 72.2 Å². The number of nitrogens with zero attached hydrogens (tertiary/aromatic N) is 2. The number of aromatic nitrogens is 2. The lowest BCUT2D eigenvalue weighted by atomic mass is 9.96. The summed E-state index contributed by atoms with van der Waals surface area (Å²) in [6.45, 7) is 4.51. The quantitative estimate of drug-likeness (QED) is 0.687. The minimum Gasteiger partial charge on any atom is -0.357 e. The molecule has 0 aliphatic heterocycles. The van der Waals surface area contributed by atoms with Gasteiger partial charge in [-0.2, -0.15) is 0 Å². The third-order valence-electron chi connectivity index (χ3n) is 4.57. The fourth-order valence-electron chi connectivity index (χ4n) is 2.98. The molecule has 2 N–H and O–H groups in total. The molecule has 7 heteroatoms. The van der Waals surface area contributed by atoms with E-state index >= 15 is 0 Å². The van der Waals surface area contributed by atoms with Gasteiger partial charge in [-0.15, -0.1) is 10.2 Å². The number of nitrogens with one attached hydrogen (secondary N) is 2. The van der Waals surface area contributed by atoms with Crippen molar-refractivity contribution < 1.29 is 4.79 Å². The van der Waals surface area contributed by atoms with Crippen molar-refractivity contribution in [3.05, 3.63) is 35.4 Å². The van der Waals surface area contributed by atoms with Crippen LogP contribution in [-0.4, -0.2) is 27.4 Å². The maximum Gasteiger partial charge on any atom is 0.233 e. The first-order valence-corrected chi connectivity index (χ1v) is 10.9. The highest BCUT2D eigenvalue weighted by molar-refractivity contribution is 8.02. The van der Waals surface area contributed by atoms with Crippen molar-refractivity contribution in [1.29, 1.82) is 0 Å². The zero-order valence-corrected chi connectivity index (χ0v) is 17.0. The molecule has 0 bridgehead atoms. The number of hydrogen-bond acceptors (Lipinski definition) is 6. The van der Waals surface area contributed by atoms with Crippen molar-refractivity contribution in [3.8, 4) is 0 Å². The number of anilines is 1. The fourth-order valence-corrected chi connectivity index (χ4v) is 4.98. The number of rotatable bonds is 7. The lowest BCUT2D eigenvalue weighted by Crippen LogP contribution is -2.30. The Labute approximate surface area is 163 Å². The van der Waals surface area contributed by atoms with Gasteiger partial charge < -0.3 is 10.6 Å². The highest BCUT2D eigenvalue weighted by Gasteiger charge is 2.19. The Kier molecular flexibility index (Phi) is 6.91. The normalized spacial score (nSPS) is 16.2. The van der Waals surface area contributed by atoms with E-state index < -0.39 is 0 Å². The van der Waals surface area contributed by atoms with E-state index in [4.69, 9.17) is 0 Å². The van der Waals surface area contributed by atoms with Gasteiger partial charge in [-0.3, -0.25) is 4.79 Å². The molecule has 1 atom stereocenters. The molecule has 1 amide bonds. The van der Waals surface area contributed by atoms with Crippen LogP contribution in [0.5, 0.6) is 0 Å². The minimum atomic E-state index is -0.198. The van der Waals surface area contributed by atoms with Crippen molar-refractivity contribution in [3.63, 3.8) is 0 Å². The second-order valence-electron chi connectivity index (χ2n) is 6.82. The number of carbonyl (C=O) groups is 1. The SMILES string of the molecule is Cc1ccc(CNC(=O)C(C)Sc2nnc(NC3CCCCC3)s2)cc1. The van der Waals surface area contributed by atoms with Crippen molar-refractivity contribution in [2.75, 3.05) is 5.32 Å². The maximum atomic E-state index is 12.3. The summed E-state index contributed by atoms with van der Waals surface area (Å²) >= 11 is 3.00. The second-order valence-corrected chi connectivity index (χ2v) is 9.38. The molecule has 1 aromatic heterocycles. The molecule has 1 aliphatic carbocycles. The monoisotopic (exact) mass is 390 g/mol. The molecule has 1 aromatic carbocycles. The predicted molar refractivity (Wildman–Crippen MR) is 109 cm³/mol. The van der Waals surface area contributed by atoms with E-state index in [1.54, 1.807) is 0 Å². The molecule has 26 heavy (non-hydrogen) atoms. The van der Waals surface area contributed by atoms with Crippen LogP contribution in [0.2, 0.25) is 0 Å². The summed E-state index contributed by atoms with van der Waals surface area (Å²) in [5.41, 5.74) is 2.33. The highest BCUT2D eigenvalue weighted by Crippen LogP contribution is 2.30. The zero-order chi connectivity index (χ0) is 18.4. The van der Waals surface area contributed by atoms with E-state index in [0.717, 1.165) is 15.0 Å². The van der Waals surface area contributed by atoms with E-state index in [9.17, 15) is 4.79 Å². The smallest absolute Gasteiger partial charge is 0.233 e. The third-order valence-corrected chi connectivity index (χ3v) is 6.61. The van der Waals surface area contributed by atoms with Crippen LogP contribution in [0.3, 0.4) is 0 Å². The van der Waals surface area contributed by atoms with Gasteiger partial charge in [0.15, 0.2) is 4.34 Å². The first-order valence-electron chi connectivity index (χ1n) is 9.20. The van der Waals surface area contributed by atoms with Gasteiger partial charge in [0.25, 0.3) is 0 Å². The molecule has 0 saturated heterocycles. The molecule has 0 radical (unpaired) electrons. The Morgan fingerprint density at radius 2 is 1.96 bits per heavy atom. The summed E-state index contributed by atoms with van der Waals surface area (Å²) in [5, 5.41) is 15.6. The molecular weight excluding hydrogens is 364 g/mol. The van der Waals surface area contributed by atoms with Gasteiger partial charge in [0.2, 0.25) is 11.0 Å². The molecule has 2 aromatic rings. The van der Waals surface area contributed by atoms with Crippen LogP contribution in [0.4, 0.5) is 5.13 Å². The van der Waals surface area contributed by atoms with Crippen LogP contribution >= 0.6 is 23.1 Å². The van der Waals surface area contributed by atoms with Gasteiger partial charge in [-0.25, -0.2) is 0 Å². The molecular formula is C19H26N4OS2. The summed E-state index contributed by atoms with van der Waals surface area (Å²) < 4.78 is 0.835. The molecule has 140 valence electrons. The van der Waals surface area contributed by atoms with Crippen molar-refractivity contribution in [1.82, 2.24) is 15.5 Å². The highest BCUT2D eigenvalue weighted by atomic mass is 32.2. The third kappa shape index (κ3) is 5.71. The lowest BCUT2D eigenvalue weighted by molar-refractivity contribution is -0.120. The molecule has 0 spiro atoms. The number of aryl methyl sites for hydroxylation is 1. The molecule has 1 fully saturated rings. The molecule has 1 heterocycles. The number of benzene rings is 1. The van der Waals surface area contributed by atoms with Gasteiger partial charge in [0.05, 0.1) is 5.25 Å². The molecule has 3 rings (SSSR count). The first-order chi connectivity index (χ1) is 12.6. The van der Waals surface area contributed by atoms with Crippen LogP contribution in [0.15, 0.2) is 28.6 Å². The van der Waals surface area contributed by atoms with Crippen LogP contribution in [0.1, 0.15) is 50.2 Å². The molecule has 1 unspecified atom stereocenters.